The molecule has 0 radical (unpaired) electrons. The van der Waals surface area contributed by atoms with E-state index in [-0.39, 0.29) is 23.9 Å². The van der Waals surface area contributed by atoms with Crippen molar-refractivity contribution < 1.29 is 23.5 Å². The van der Waals surface area contributed by atoms with Gasteiger partial charge in [0.25, 0.3) is 0 Å². The zero-order chi connectivity index (χ0) is 18.1. The molecule has 0 aliphatic carbocycles. The van der Waals surface area contributed by atoms with E-state index in [1.165, 1.54) is 17.6 Å². The molecule has 0 amide bonds. The second-order valence-corrected chi connectivity index (χ2v) is 6.78. The fourth-order valence-electron chi connectivity index (χ4n) is 2.70. The highest BCUT2D eigenvalue weighted by molar-refractivity contribution is 7.10. The highest BCUT2D eigenvalue weighted by atomic mass is 32.1. The lowest BCUT2D eigenvalue weighted by Gasteiger charge is -2.09. The van der Waals surface area contributed by atoms with E-state index in [1.54, 1.807) is 37.3 Å². The van der Waals surface area contributed by atoms with Crippen LogP contribution in [-0.2, 0) is 11.2 Å². The summed E-state index contributed by atoms with van der Waals surface area (Å²) in [6, 6.07) is 10.5. The summed E-state index contributed by atoms with van der Waals surface area (Å²) in [5.74, 6) is 0.926. The van der Waals surface area contributed by atoms with Crippen molar-refractivity contribution in [1.29, 1.82) is 0 Å². The number of rotatable bonds is 4. The lowest BCUT2D eigenvalue weighted by Crippen LogP contribution is -2.11. The summed E-state index contributed by atoms with van der Waals surface area (Å²) in [7, 11) is 0. The van der Waals surface area contributed by atoms with Gasteiger partial charge in [0.05, 0.1) is 18.2 Å². The van der Waals surface area contributed by atoms with Crippen LogP contribution in [0.2, 0.25) is 0 Å². The van der Waals surface area contributed by atoms with Crippen LogP contribution < -0.4 is 9.47 Å². The van der Waals surface area contributed by atoms with Gasteiger partial charge in [-0.15, -0.1) is 11.3 Å². The third kappa shape index (κ3) is 3.07. The zero-order valence-electron chi connectivity index (χ0n) is 13.9. The van der Waals surface area contributed by atoms with Gasteiger partial charge in [0.15, 0.2) is 5.76 Å². The minimum atomic E-state index is -0.355. The van der Waals surface area contributed by atoms with Crippen LogP contribution in [0.1, 0.15) is 26.6 Å². The highest BCUT2D eigenvalue weighted by Gasteiger charge is 2.30. The lowest BCUT2D eigenvalue weighted by atomic mass is 10.1. The number of hydrogen-bond acceptors (Lipinski definition) is 6. The van der Waals surface area contributed by atoms with Crippen molar-refractivity contribution in [3.8, 4) is 11.5 Å². The SMILES string of the molecule is Cc1c(OC(=O)Cc2cccs2)ccc2c1O/C(=C\c1ccco1)C2=O. The van der Waals surface area contributed by atoms with Crippen LogP contribution in [0.25, 0.3) is 6.08 Å². The molecular formula is C20H14O5S. The van der Waals surface area contributed by atoms with Gasteiger partial charge in [-0.25, -0.2) is 0 Å². The monoisotopic (exact) mass is 366 g/mol. The summed E-state index contributed by atoms with van der Waals surface area (Å²) in [6.07, 6.45) is 3.28. The normalized spacial score (nSPS) is 14.3. The second-order valence-electron chi connectivity index (χ2n) is 5.75. The summed E-state index contributed by atoms with van der Waals surface area (Å²) in [5.41, 5.74) is 1.05. The Morgan fingerprint density at radius 1 is 1.23 bits per heavy atom. The molecule has 4 rings (SSSR count). The molecule has 26 heavy (non-hydrogen) atoms. The molecule has 0 spiro atoms. The minimum absolute atomic E-state index is 0.181. The van der Waals surface area contributed by atoms with Gasteiger partial charge in [0.1, 0.15) is 17.3 Å². The molecule has 2 aromatic heterocycles. The van der Waals surface area contributed by atoms with E-state index in [0.717, 1.165) is 4.88 Å². The van der Waals surface area contributed by atoms with Crippen LogP contribution in [0.5, 0.6) is 11.5 Å². The Kier molecular flexibility index (Phi) is 4.18. The van der Waals surface area contributed by atoms with Gasteiger partial charge in [-0.05, 0) is 42.6 Å². The lowest BCUT2D eigenvalue weighted by molar-refractivity contribution is -0.133. The Morgan fingerprint density at radius 3 is 2.85 bits per heavy atom. The molecule has 0 unspecified atom stereocenters. The zero-order valence-corrected chi connectivity index (χ0v) is 14.7. The molecule has 1 aliphatic rings. The van der Waals surface area contributed by atoms with Crippen LogP contribution >= 0.6 is 11.3 Å². The van der Waals surface area contributed by atoms with E-state index in [9.17, 15) is 9.59 Å². The van der Waals surface area contributed by atoms with Crippen molar-refractivity contribution >= 4 is 29.2 Å². The fraction of sp³-hybridized carbons (Fsp3) is 0.100. The number of allylic oxidation sites excluding steroid dienone is 1. The number of Topliss-reactive ketones (excluding diaryl/α,β-unsaturated/α-hetero) is 1. The van der Waals surface area contributed by atoms with E-state index < -0.39 is 0 Å². The first kappa shape index (κ1) is 16.4. The summed E-state index contributed by atoms with van der Waals surface area (Å²) >= 11 is 1.50. The van der Waals surface area contributed by atoms with Crippen LogP contribution in [0.3, 0.4) is 0 Å². The van der Waals surface area contributed by atoms with Crippen molar-refractivity contribution in [2.75, 3.05) is 0 Å². The molecule has 0 saturated carbocycles. The number of carbonyl (C=O) groups excluding carboxylic acids is 2. The molecule has 0 fully saturated rings. The maximum Gasteiger partial charge on any atom is 0.316 e. The second kappa shape index (κ2) is 6.65. The third-order valence-corrected chi connectivity index (χ3v) is 4.85. The molecule has 1 aromatic carbocycles. The van der Waals surface area contributed by atoms with E-state index >= 15 is 0 Å². The molecule has 6 heteroatoms. The number of esters is 1. The molecule has 3 aromatic rings. The first-order valence-corrected chi connectivity index (χ1v) is 8.84. The predicted molar refractivity (Wildman–Crippen MR) is 96.5 cm³/mol. The largest absolute Gasteiger partial charge is 0.465 e. The average Bonchev–Trinajstić information content (AvgIpc) is 3.35. The van der Waals surface area contributed by atoms with Crippen molar-refractivity contribution in [2.45, 2.75) is 13.3 Å². The molecular weight excluding hydrogens is 352 g/mol. The third-order valence-electron chi connectivity index (χ3n) is 3.98. The fourth-order valence-corrected chi connectivity index (χ4v) is 3.39. The minimum Gasteiger partial charge on any atom is -0.465 e. The van der Waals surface area contributed by atoms with E-state index in [2.05, 4.69) is 0 Å². The van der Waals surface area contributed by atoms with Crippen molar-refractivity contribution in [3.05, 3.63) is 75.6 Å². The summed E-state index contributed by atoms with van der Waals surface area (Å²) in [5, 5.41) is 1.91. The van der Waals surface area contributed by atoms with Gasteiger partial charge in [0.2, 0.25) is 5.78 Å². The van der Waals surface area contributed by atoms with E-state index in [4.69, 9.17) is 13.9 Å². The molecule has 0 bridgehead atoms. The Bertz CT molecular complexity index is 997. The van der Waals surface area contributed by atoms with Gasteiger partial charge in [-0.1, -0.05) is 6.07 Å². The topological polar surface area (TPSA) is 65.7 Å². The van der Waals surface area contributed by atoms with Crippen LogP contribution in [0.4, 0.5) is 0 Å². The first-order chi connectivity index (χ1) is 12.6. The first-order valence-electron chi connectivity index (χ1n) is 7.96. The van der Waals surface area contributed by atoms with Gasteiger partial charge < -0.3 is 13.9 Å². The van der Waals surface area contributed by atoms with Gasteiger partial charge in [0, 0.05) is 16.5 Å². The van der Waals surface area contributed by atoms with Gasteiger partial charge in [-0.2, -0.15) is 0 Å². The number of ketones is 1. The molecule has 0 N–H and O–H groups in total. The average molecular weight is 366 g/mol. The Hall–Kier alpha value is -3.12. The Balaban J connectivity index is 1.57. The molecule has 5 nitrogen and oxygen atoms in total. The smallest absolute Gasteiger partial charge is 0.316 e. The number of furan rings is 1. The van der Waals surface area contributed by atoms with Crippen molar-refractivity contribution in [1.82, 2.24) is 0 Å². The quantitative estimate of drug-likeness (QED) is 0.389. The van der Waals surface area contributed by atoms with Crippen molar-refractivity contribution in [3.63, 3.8) is 0 Å². The summed E-state index contributed by atoms with van der Waals surface area (Å²) in [4.78, 5) is 25.5. The number of carbonyl (C=O) groups is 2. The summed E-state index contributed by atoms with van der Waals surface area (Å²) < 4.78 is 16.4. The molecule has 1 aliphatic heterocycles. The van der Waals surface area contributed by atoms with Crippen LogP contribution in [0.15, 0.2) is 58.2 Å². The van der Waals surface area contributed by atoms with Gasteiger partial charge >= 0.3 is 5.97 Å². The molecule has 130 valence electrons. The number of benzene rings is 1. The standard InChI is InChI=1S/C20H14O5S/c1-12-16(24-18(21)11-14-5-3-9-26-14)7-6-15-19(22)17(25-20(12)15)10-13-4-2-8-23-13/h2-10H,11H2,1H3/b17-10-. The molecule has 3 heterocycles. The number of fused-ring (bicyclic) bond motifs is 1. The predicted octanol–water partition coefficient (Wildman–Crippen LogP) is 4.41. The number of thiophene rings is 1. The maximum atomic E-state index is 12.5. The molecule has 0 saturated heterocycles. The van der Waals surface area contributed by atoms with Crippen molar-refractivity contribution in [2.24, 2.45) is 0 Å². The van der Waals surface area contributed by atoms with E-state index in [0.29, 0.717) is 28.4 Å². The van der Waals surface area contributed by atoms with Crippen LogP contribution in [0, 0.1) is 6.92 Å². The van der Waals surface area contributed by atoms with E-state index in [1.807, 2.05) is 17.5 Å². The van der Waals surface area contributed by atoms with Crippen LogP contribution in [-0.4, -0.2) is 11.8 Å². The Morgan fingerprint density at radius 2 is 2.12 bits per heavy atom. The molecule has 0 atom stereocenters. The maximum absolute atomic E-state index is 12.5. The Labute approximate surface area is 153 Å². The van der Waals surface area contributed by atoms with Gasteiger partial charge in [-0.3, -0.25) is 9.59 Å². The highest BCUT2D eigenvalue weighted by Crippen LogP contribution is 2.39. The number of hydrogen-bond donors (Lipinski definition) is 0. The number of ether oxygens (including phenoxy) is 2. The summed E-state index contributed by atoms with van der Waals surface area (Å²) in [6.45, 7) is 1.76.